The average molecular weight is 411 g/mol. The fourth-order valence-corrected chi connectivity index (χ4v) is 3.95. The Morgan fingerprint density at radius 3 is 2.32 bits per heavy atom. The maximum Gasteiger partial charge on any atom is 0.117 e. The highest BCUT2D eigenvalue weighted by molar-refractivity contribution is 5.60. The van der Waals surface area contributed by atoms with Crippen molar-refractivity contribution in [1.29, 1.82) is 0 Å². The molecule has 31 heavy (non-hydrogen) atoms. The van der Waals surface area contributed by atoms with Crippen LogP contribution >= 0.6 is 0 Å². The van der Waals surface area contributed by atoms with Crippen LogP contribution in [0.25, 0.3) is 11.3 Å². The second-order valence-electron chi connectivity index (χ2n) is 8.01. The number of rotatable bonds is 9. The van der Waals surface area contributed by atoms with Crippen LogP contribution in [-0.4, -0.2) is 15.0 Å². The summed E-state index contributed by atoms with van der Waals surface area (Å²) in [7, 11) is 0. The number of nitrogens with one attached hydrogen (secondary N) is 1. The topological polar surface area (TPSA) is 42.7 Å². The Labute approximate surface area is 185 Å². The summed E-state index contributed by atoms with van der Waals surface area (Å²) in [6.07, 6.45) is 2.21. The molecule has 0 fully saturated rings. The van der Waals surface area contributed by atoms with E-state index in [0.29, 0.717) is 19.1 Å². The number of nitrogens with zero attached hydrogens (tertiary/aromatic N) is 3. The SMILES string of the molecule is CCC[C@H](NCc1nn(Cc2cccc(C)c2)nc1-c1ccccc1)c1ccccc1. The number of aryl methyl sites for hydroxylation is 1. The highest BCUT2D eigenvalue weighted by Crippen LogP contribution is 2.23. The Balaban J connectivity index is 1.59. The third-order valence-electron chi connectivity index (χ3n) is 5.47. The van der Waals surface area contributed by atoms with Crippen molar-refractivity contribution in [3.8, 4) is 11.3 Å². The van der Waals surface area contributed by atoms with Gasteiger partial charge in [-0.3, -0.25) is 0 Å². The molecule has 4 nitrogen and oxygen atoms in total. The van der Waals surface area contributed by atoms with Crippen molar-refractivity contribution in [1.82, 2.24) is 20.3 Å². The zero-order chi connectivity index (χ0) is 21.5. The second-order valence-corrected chi connectivity index (χ2v) is 8.01. The van der Waals surface area contributed by atoms with E-state index < -0.39 is 0 Å². The van der Waals surface area contributed by atoms with Crippen LogP contribution in [0.5, 0.6) is 0 Å². The summed E-state index contributed by atoms with van der Waals surface area (Å²) in [4.78, 5) is 1.82. The van der Waals surface area contributed by atoms with E-state index in [4.69, 9.17) is 10.2 Å². The summed E-state index contributed by atoms with van der Waals surface area (Å²) in [6.45, 7) is 5.68. The third kappa shape index (κ3) is 5.47. The molecule has 0 radical (unpaired) electrons. The number of hydrogen-bond donors (Lipinski definition) is 1. The number of hydrogen-bond acceptors (Lipinski definition) is 3. The molecular formula is C27H30N4. The molecule has 1 heterocycles. The van der Waals surface area contributed by atoms with Crippen LogP contribution in [0.4, 0.5) is 0 Å². The monoisotopic (exact) mass is 410 g/mol. The Bertz CT molecular complexity index is 1090. The summed E-state index contributed by atoms with van der Waals surface area (Å²) in [5, 5.41) is 13.5. The van der Waals surface area contributed by atoms with Gasteiger partial charge in [-0.25, -0.2) is 0 Å². The molecule has 0 saturated carbocycles. The molecule has 4 rings (SSSR count). The Morgan fingerprint density at radius 1 is 0.871 bits per heavy atom. The molecule has 4 heteroatoms. The first-order chi connectivity index (χ1) is 15.2. The van der Waals surface area contributed by atoms with Gasteiger partial charge in [0, 0.05) is 18.2 Å². The molecular weight excluding hydrogens is 380 g/mol. The molecule has 0 aliphatic carbocycles. The summed E-state index contributed by atoms with van der Waals surface area (Å²) in [6, 6.07) is 29.8. The highest BCUT2D eigenvalue weighted by atomic mass is 15.5. The van der Waals surface area contributed by atoms with Gasteiger partial charge in [-0.1, -0.05) is 104 Å². The van der Waals surface area contributed by atoms with E-state index in [9.17, 15) is 0 Å². The maximum absolute atomic E-state index is 4.88. The lowest BCUT2D eigenvalue weighted by Crippen LogP contribution is -2.21. The maximum atomic E-state index is 4.88. The summed E-state index contributed by atoms with van der Waals surface area (Å²) in [5.74, 6) is 0. The van der Waals surface area contributed by atoms with Gasteiger partial charge >= 0.3 is 0 Å². The molecule has 0 saturated heterocycles. The standard InChI is InChI=1S/C27H30N4/c1-3-11-25(23-14-6-4-7-15-23)28-19-26-27(24-16-8-5-9-17-24)30-31(29-26)20-22-13-10-12-21(2)18-22/h4-10,12-18,25,28H,3,11,19-20H2,1-2H3/t25-/m0/s1. The van der Waals surface area contributed by atoms with E-state index in [0.717, 1.165) is 29.8 Å². The number of aromatic nitrogens is 3. The average Bonchev–Trinajstić information content (AvgIpc) is 3.20. The van der Waals surface area contributed by atoms with Crippen LogP contribution in [0.15, 0.2) is 84.9 Å². The van der Waals surface area contributed by atoms with Crippen LogP contribution in [0.3, 0.4) is 0 Å². The molecule has 0 amide bonds. The lowest BCUT2D eigenvalue weighted by atomic mass is 10.0. The van der Waals surface area contributed by atoms with Gasteiger partial charge in [-0.05, 0) is 24.5 Å². The molecule has 0 aliphatic rings. The Kier molecular flexibility index (Phi) is 6.90. The fraction of sp³-hybridized carbons (Fsp3) is 0.259. The zero-order valence-corrected chi connectivity index (χ0v) is 18.3. The van der Waals surface area contributed by atoms with Gasteiger partial charge in [0.05, 0.1) is 6.54 Å². The van der Waals surface area contributed by atoms with Crippen molar-refractivity contribution in [2.45, 2.75) is 45.8 Å². The first kappa shape index (κ1) is 21.0. The van der Waals surface area contributed by atoms with Crippen molar-refractivity contribution in [3.05, 3.63) is 107 Å². The fourth-order valence-electron chi connectivity index (χ4n) is 3.95. The Hall–Kier alpha value is -3.24. The van der Waals surface area contributed by atoms with Gasteiger partial charge in [-0.15, -0.1) is 0 Å². The minimum Gasteiger partial charge on any atom is -0.304 e. The van der Waals surface area contributed by atoms with E-state index in [1.54, 1.807) is 0 Å². The summed E-state index contributed by atoms with van der Waals surface area (Å²) < 4.78 is 0. The lowest BCUT2D eigenvalue weighted by Gasteiger charge is -2.18. The van der Waals surface area contributed by atoms with Gasteiger partial charge in [-0.2, -0.15) is 15.0 Å². The van der Waals surface area contributed by atoms with Crippen LogP contribution in [0.2, 0.25) is 0 Å². The van der Waals surface area contributed by atoms with Gasteiger partial charge in [0.2, 0.25) is 0 Å². The number of benzene rings is 3. The molecule has 1 atom stereocenters. The molecule has 1 N–H and O–H groups in total. The molecule has 0 aliphatic heterocycles. The first-order valence-corrected chi connectivity index (χ1v) is 11.1. The molecule has 1 aromatic heterocycles. The van der Waals surface area contributed by atoms with Crippen LogP contribution in [-0.2, 0) is 13.1 Å². The van der Waals surface area contributed by atoms with Gasteiger partial charge in [0.25, 0.3) is 0 Å². The van der Waals surface area contributed by atoms with E-state index in [-0.39, 0.29) is 0 Å². The highest BCUT2D eigenvalue weighted by Gasteiger charge is 2.16. The predicted molar refractivity (Wildman–Crippen MR) is 127 cm³/mol. The molecule has 3 aromatic carbocycles. The van der Waals surface area contributed by atoms with Gasteiger partial charge < -0.3 is 5.32 Å². The van der Waals surface area contributed by atoms with Gasteiger partial charge in [0.1, 0.15) is 11.4 Å². The Morgan fingerprint density at radius 2 is 1.61 bits per heavy atom. The molecule has 0 bridgehead atoms. The van der Waals surface area contributed by atoms with E-state index in [1.807, 2.05) is 10.9 Å². The smallest absolute Gasteiger partial charge is 0.117 e. The zero-order valence-electron chi connectivity index (χ0n) is 18.3. The molecule has 158 valence electrons. The van der Waals surface area contributed by atoms with E-state index in [2.05, 4.69) is 98.0 Å². The predicted octanol–water partition coefficient (Wildman–Crippen LogP) is 5.93. The molecule has 0 unspecified atom stereocenters. The van der Waals surface area contributed by atoms with Gasteiger partial charge in [0.15, 0.2) is 0 Å². The van der Waals surface area contributed by atoms with Crippen LogP contribution in [0, 0.1) is 6.92 Å². The van der Waals surface area contributed by atoms with Crippen molar-refractivity contribution in [3.63, 3.8) is 0 Å². The van der Waals surface area contributed by atoms with Crippen molar-refractivity contribution < 1.29 is 0 Å². The van der Waals surface area contributed by atoms with E-state index in [1.165, 1.54) is 16.7 Å². The summed E-state index contributed by atoms with van der Waals surface area (Å²) in [5.41, 5.74) is 6.81. The van der Waals surface area contributed by atoms with Crippen LogP contribution in [0.1, 0.15) is 48.2 Å². The minimum absolute atomic E-state index is 0.303. The van der Waals surface area contributed by atoms with Crippen molar-refractivity contribution in [2.75, 3.05) is 0 Å². The summed E-state index contributed by atoms with van der Waals surface area (Å²) >= 11 is 0. The second kappa shape index (κ2) is 10.2. The molecule has 0 spiro atoms. The normalized spacial score (nSPS) is 12.1. The lowest BCUT2D eigenvalue weighted by molar-refractivity contribution is 0.485. The molecule has 4 aromatic rings. The first-order valence-electron chi connectivity index (χ1n) is 11.1. The van der Waals surface area contributed by atoms with Crippen LogP contribution < -0.4 is 5.32 Å². The van der Waals surface area contributed by atoms with E-state index >= 15 is 0 Å². The quantitative estimate of drug-likeness (QED) is 0.372. The third-order valence-corrected chi connectivity index (χ3v) is 5.47. The minimum atomic E-state index is 0.303. The van der Waals surface area contributed by atoms with Crippen molar-refractivity contribution >= 4 is 0 Å². The largest absolute Gasteiger partial charge is 0.304 e. The van der Waals surface area contributed by atoms with Crippen molar-refractivity contribution in [2.24, 2.45) is 0 Å².